The molecule has 1 aliphatic rings. The summed E-state index contributed by atoms with van der Waals surface area (Å²) in [4.78, 5) is 8.98. The van der Waals surface area contributed by atoms with E-state index in [4.69, 9.17) is 0 Å². The lowest BCUT2D eigenvalue weighted by Gasteiger charge is -2.07. The van der Waals surface area contributed by atoms with Crippen LogP contribution in [0.4, 0.5) is 0 Å². The van der Waals surface area contributed by atoms with E-state index >= 15 is 0 Å². The van der Waals surface area contributed by atoms with E-state index in [2.05, 4.69) is 40.8 Å². The van der Waals surface area contributed by atoms with Gasteiger partial charge < -0.3 is 0 Å². The average molecular weight is 224 g/mol. The molecule has 0 amide bonds. The molecule has 0 saturated carbocycles. The minimum absolute atomic E-state index is 0.720. The zero-order valence-corrected chi connectivity index (χ0v) is 10.3. The fraction of sp³-hybridized carbons (Fsp3) is 0.200. The first-order chi connectivity index (χ1) is 8.16. The van der Waals surface area contributed by atoms with Crippen LogP contribution in [-0.4, -0.2) is 10.7 Å². The molecule has 0 radical (unpaired) electrons. The highest BCUT2D eigenvalue weighted by atomic mass is 14.8. The van der Waals surface area contributed by atoms with Crippen molar-refractivity contribution in [3.8, 4) is 0 Å². The summed E-state index contributed by atoms with van der Waals surface area (Å²) in [7, 11) is 0. The van der Waals surface area contributed by atoms with Crippen LogP contribution in [0, 0.1) is 6.92 Å². The molecule has 0 N–H and O–H groups in total. The quantitative estimate of drug-likeness (QED) is 0.658. The molecule has 2 heterocycles. The zero-order valence-electron chi connectivity index (χ0n) is 10.3. The molecule has 0 fully saturated rings. The van der Waals surface area contributed by atoms with Crippen molar-refractivity contribution >= 4 is 17.5 Å². The maximum Gasteiger partial charge on any atom is 0.0955 e. The molecular weight excluding hydrogens is 208 g/mol. The molecule has 2 nitrogen and oxygen atoms in total. The summed E-state index contributed by atoms with van der Waals surface area (Å²) in [5, 5.41) is 0. The molecule has 0 spiro atoms. The van der Waals surface area contributed by atoms with Crippen molar-refractivity contribution in [3.63, 3.8) is 0 Å². The van der Waals surface area contributed by atoms with Gasteiger partial charge in [-0.25, -0.2) is 0 Å². The van der Waals surface area contributed by atoms with Gasteiger partial charge in [-0.1, -0.05) is 30.9 Å². The van der Waals surface area contributed by atoms with E-state index in [-0.39, 0.29) is 0 Å². The summed E-state index contributed by atoms with van der Waals surface area (Å²) in [6.07, 6.45) is 9.21. The molecule has 0 aliphatic carbocycles. The molecular formula is C15H16N2. The van der Waals surface area contributed by atoms with Gasteiger partial charge >= 0.3 is 0 Å². The minimum Gasteiger partial charge on any atom is -0.252 e. The summed E-state index contributed by atoms with van der Waals surface area (Å²) < 4.78 is 0. The predicted molar refractivity (Wildman–Crippen MR) is 73.9 cm³/mol. The van der Waals surface area contributed by atoms with Crippen LogP contribution in [0.5, 0.6) is 0 Å². The second kappa shape index (κ2) is 4.91. The summed E-state index contributed by atoms with van der Waals surface area (Å²) in [5.41, 5.74) is 4.61. The molecule has 0 saturated heterocycles. The highest BCUT2D eigenvalue weighted by Crippen LogP contribution is 2.20. The van der Waals surface area contributed by atoms with Gasteiger partial charge in [0, 0.05) is 17.0 Å². The SMILES string of the molecule is C=C1N=C(C)/C=C\C/C=C\c2ccc(C)nc21. The number of rotatable bonds is 0. The number of allylic oxidation sites excluding steroid dienone is 3. The van der Waals surface area contributed by atoms with E-state index in [1.807, 2.05) is 26.0 Å². The standard InChI is InChI=1S/C15H16N2/c1-11-7-5-4-6-8-14-10-9-12(2)17-15(14)13(3)16-11/h5-10H,3-4H2,1-2H3/b7-5-,8-6-,16-11?. The zero-order chi connectivity index (χ0) is 12.3. The third-order valence-electron chi connectivity index (χ3n) is 2.58. The fourth-order valence-electron chi connectivity index (χ4n) is 1.75. The first-order valence-corrected chi connectivity index (χ1v) is 5.72. The minimum atomic E-state index is 0.720. The van der Waals surface area contributed by atoms with Crippen molar-refractivity contribution in [2.75, 3.05) is 0 Å². The molecule has 2 heteroatoms. The van der Waals surface area contributed by atoms with E-state index in [9.17, 15) is 0 Å². The molecule has 2 rings (SSSR count). The van der Waals surface area contributed by atoms with Gasteiger partial charge in [-0.3, -0.25) is 9.98 Å². The molecule has 17 heavy (non-hydrogen) atoms. The van der Waals surface area contributed by atoms with Gasteiger partial charge in [-0.15, -0.1) is 0 Å². The van der Waals surface area contributed by atoms with Crippen LogP contribution in [0.2, 0.25) is 0 Å². The first-order valence-electron chi connectivity index (χ1n) is 5.72. The lowest BCUT2D eigenvalue weighted by molar-refractivity contribution is 1.15. The number of pyridine rings is 1. The van der Waals surface area contributed by atoms with E-state index in [0.717, 1.165) is 34.8 Å². The second-order valence-electron chi connectivity index (χ2n) is 4.13. The molecule has 0 atom stereocenters. The summed E-state index contributed by atoms with van der Waals surface area (Å²) in [5.74, 6) is 0. The van der Waals surface area contributed by atoms with Crippen molar-refractivity contribution in [1.82, 2.24) is 4.98 Å². The molecule has 86 valence electrons. The average Bonchev–Trinajstić information content (AvgIpc) is 2.29. The third kappa shape index (κ3) is 2.78. The van der Waals surface area contributed by atoms with E-state index < -0.39 is 0 Å². The number of aryl methyl sites for hydroxylation is 1. The molecule has 1 aromatic heterocycles. The Morgan fingerprint density at radius 1 is 1.12 bits per heavy atom. The van der Waals surface area contributed by atoms with Crippen LogP contribution in [0.1, 0.15) is 30.3 Å². The monoisotopic (exact) mass is 224 g/mol. The summed E-state index contributed by atoms with van der Waals surface area (Å²) >= 11 is 0. The Kier molecular flexibility index (Phi) is 3.33. The lowest BCUT2D eigenvalue weighted by Crippen LogP contribution is -1.96. The van der Waals surface area contributed by atoms with Crippen LogP contribution in [0.15, 0.2) is 41.9 Å². The third-order valence-corrected chi connectivity index (χ3v) is 2.58. The number of aliphatic imine (C=N–C) groups is 1. The van der Waals surface area contributed by atoms with Crippen molar-refractivity contribution in [2.45, 2.75) is 20.3 Å². The molecule has 1 aliphatic heterocycles. The van der Waals surface area contributed by atoms with Crippen LogP contribution < -0.4 is 0 Å². The normalized spacial score (nSPS) is 19.2. The number of hydrogen-bond acceptors (Lipinski definition) is 2. The number of fused-ring (bicyclic) bond motifs is 1. The Morgan fingerprint density at radius 2 is 1.88 bits per heavy atom. The van der Waals surface area contributed by atoms with E-state index in [0.29, 0.717) is 0 Å². The first kappa shape index (κ1) is 11.5. The fourth-order valence-corrected chi connectivity index (χ4v) is 1.75. The van der Waals surface area contributed by atoms with Crippen molar-refractivity contribution in [1.29, 1.82) is 0 Å². The number of aromatic nitrogens is 1. The van der Waals surface area contributed by atoms with Crippen LogP contribution in [-0.2, 0) is 0 Å². The van der Waals surface area contributed by atoms with Crippen molar-refractivity contribution < 1.29 is 0 Å². The van der Waals surface area contributed by atoms with Crippen LogP contribution in [0.25, 0.3) is 11.8 Å². The number of hydrogen-bond donors (Lipinski definition) is 0. The number of nitrogens with zero attached hydrogens (tertiary/aromatic N) is 2. The Balaban J connectivity index is 2.55. The van der Waals surface area contributed by atoms with Gasteiger partial charge in [-0.2, -0.15) is 0 Å². The molecule has 1 aromatic rings. The Hall–Kier alpha value is -1.96. The molecule has 0 bridgehead atoms. The maximum atomic E-state index is 4.52. The van der Waals surface area contributed by atoms with Crippen LogP contribution in [0.3, 0.4) is 0 Å². The Bertz CT molecular complexity index is 534. The smallest absolute Gasteiger partial charge is 0.0955 e. The summed E-state index contributed by atoms with van der Waals surface area (Å²) in [6, 6.07) is 4.07. The Labute approximate surface area is 102 Å². The topological polar surface area (TPSA) is 25.2 Å². The second-order valence-corrected chi connectivity index (χ2v) is 4.13. The summed E-state index contributed by atoms with van der Waals surface area (Å²) in [6.45, 7) is 7.96. The van der Waals surface area contributed by atoms with Crippen molar-refractivity contribution in [3.05, 3.63) is 53.9 Å². The lowest BCUT2D eigenvalue weighted by atomic mass is 10.1. The predicted octanol–water partition coefficient (Wildman–Crippen LogP) is 3.79. The highest BCUT2D eigenvalue weighted by Gasteiger charge is 2.06. The maximum absolute atomic E-state index is 4.52. The van der Waals surface area contributed by atoms with E-state index in [1.165, 1.54) is 0 Å². The van der Waals surface area contributed by atoms with Gasteiger partial charge in [0.05, 0.1) is 11.4 Å². The molecule has 0 unspecified atom stereocenters. The van der Waals surface area contributed by atoms with Gasteiger partial charge in [0.25, 0.3) is 0 Å². The van der Waals surface area contributed by atoms with Gasteiger partial charge in [0.15, 0.2) is 0 Å². The highest BCUT2D eigenvalue weighted by molar-refractivity contribution is 5.96. The van der Waals surface area contributed by atoms with Gasteiger partial charge in [-0.05, 0) is 32.4 Å². The van der Waals surface area contributed by atoms with Gasteiger partial charge in [0.1, 0.15) is 0 Å². The van der Waals surface area contributed by atoms with E-state index in [1.54, 1.807) is 0 Å². The largest absolute Gasteiger partial charge is 0.252 e. The van der Waals surface area contributed by atoms with Gasteiger partial charge in [0.2, 0.25) is 0 Å². The molecule has 0 aromatic carbocycles. The van der Waals surface area contributed by atoms with Crippen LogP contribution >= 0.6 is 0 Å². The Morgan fingerprint density at radius 3 is 2.71 bits per heavy atom. The van der Waals surface area contributed by atoms with Crippen molar-refractivity contribution in [2.24, 2.45) is 4.99 Å².